The molecule has 0 fully saturated rings. The van der Waals surface area contributed by atoms with Gasteiger partial charge < -0.3 is 21.1 Å². The zero-order valence-corrected chi connectivity index (χ0v) is 11.1. The molecule has 0 bridgehead atoms. The van der Waals surface area contributed by atoms with Gasteiger partial charge in [0.25, 0.3) is 0 Å². The summed E-state index contributed by atoms with van der Waals surface area (Å²) in [5, 5.41) is 16.2. The Kier molecular flexibility index (Phi) is 6.02. The summed E-state index contributed by atoms with van der Waals surface area (Å²) >= 11 is 0. The molecule has 0 aromatic heterocycles. The molecule has 1 aromatic carbocycles. The summed E-state index contributed by atoms with van der Waals surface area (Å²) < 4.78 is 0. The van der Waals surface area contributed by atoms with E-state index in [0.717, 1.165) is 0 Å². The Morgan fingerprint density at radius 2 is 2.00 bits per heavy atom. The fraction of sp³-hybridized carbons (Fsp3) is 0.308. The molecule has 1 aromatic rings. The Morgan fingerprint density at radius 3 is 2.65 bits per heavy atom. The molecule has 0 atom stereocenters. The molecule has 4 N–H and O–H groups in total. The van der Waals surface area contributed by atoms with Crippen LogP contribution in [-0.4, -0.2) is 36.6 Å². The van der Waals surface area contributed by atoms with Gasteiger partial charge in [-0.15, -0.1) is 0 Å². The topological polar surface area (TPSA) is 108 Å². The molecular weight excluding hydrogens is 262 g/mol. The fourth-order valence-electron chi connectivity index (χ4n) is 1.52. The molecule has 0 unspecified atom stereocenters. The highest BCUT2D eigenvalue weighted by atomic mass is 16.4. The molecule has 3 amide bonds. The Morgan fingerprint density at radius 1 is 1.25 bits per heavy atom. The number of amides is 3. The van der Waals surface area contributed by atoms with Crippen LogP contribution in [0.1, 0.15) is 12.0 Å². The van der Waals surface area contributed by atoms with Crippen LogP contribution < -0.4 is 16.0 Å². The van der Waals surface area contributed by atoms with Gasteiger partial charge in [-0.25, -0.2) is 4.79 Å². The first-order valence-corrected chi connectivity index (χ1v) is 6.07. The van der Waals surface area contributed by atoms with Gasteiger partial charge >= 0.3 is 12.0 Å². The number of rotatable bonds is 6. The zero-order valence-electron chi connectivity index (χ0n) is 11.1. The van der Waals surface area contributed by atoms with Crippen LogP contribution in [0.15, 0.2) is 24.3 Å². The summed E-state index contributed by atoms with van der Waals surface area (Å²) in [6, 6.07) is 6.14. The van der Waals surface area contributed by atoms with Crippen LogP contribution in [0, 0.1) is 0 Å². The molecule has 1 rings (SSSR count). The van der Waals surface area contributed by atoms with E-state index in [0.29, 0.717) is 11.3 Å². The van der Waals surface area contributed by atoms with E-state index in [1.165, 1.54) is 7.05 Å². The van der Waals surface area contributed by atoms with Crippen molar-refractivity contribution in [2.45, 2.75) is 12.8 Å². The number of aliphatic carboxylic acids is 1. The zero-order chi connectivity index (χ0) is 15.0. The molecule has 0 aliphatic carbocycles. The molecule has 0 spiro atoms. The third-order valence-corrected chi connectivity index (χ3v) is 2.46. The lowest BCUT2D eigenvalue weighted by molar-refractivity contribution is -0.136. The highest BCUT2D eigenvalue weighted by Gasteiger charge is 2.05. The quantitative estimate of drug-likeness (QED) is 0.610. The fourth-order valence-corrected chi connectivity index (χ4v) is 1.52. The van der Waals surface area contributed by atoms with Gasteiger partial charge in [0.05, 0.1) is 6.42 Å². The van der Waals surface area contributed by atoms with Crippen LogP contribution in [0.5, 0.6) is 0 Å². The molecule has 20 heavy (non-hydrogen) atoms. The van der Waals surface area contributed by atoms with E-state index in [2.05, 4.69) is 16.0 Å². The van der Waals surface area contributed by atoms with Crippen molar-refractivity contribution in [2.75, 3.05) is 18.9 Å². The molecule has 7 nitrogen and oxygen atoms in total. The average Bonchev–Trinajstić information content (AvgIpc) is 2.38. The molecule has 0 aliphatic heterocycles. The van der Waals surface area contributed by atoms with Gasteiger partial charge in [-0.2, -0.15) is 0 Å². The monoisotopic (exact) mass is 279 g/mol. The largest absolute Gasteiger partial charge is 0.481 e. The first-order valence-electron chi connectivity index (χ1n) is 6.07. The van der Waals surface area contributed by atoms with Crippen LogP contribution in [0.3, 0.4) is 0 Å². The van der Waals surface area contributed by atoms with Gasteiger partial charge in [0.1, 0.15) is 0 Å². The minimum atomic E-state index is -0.933. The number of carboxylic acids is 1. The van der Waals surface area contributed by atoms with Gasteiger partial charge in [0.2, 0.25) is 5.91 Å². The maximum atomic E-state index is 11.5. The summed E-state index contributed by atoms with van der Waals surface area (Å²) in [7, 11) is 1.52. The molecule has 0 radical (unpaired) electrons. The van der Waals surface area contributed by atoms with Gasteiger partial charge in [0.15, 0.2) is 0 Å². The number of hydrogen-bond acceptors (Lipinski definition) is 3. The third kappa shape index (κ3) is 5.85. The van der Waals surface area contributed by atoms with Crippen molar-refractivity contribution in [3.05, 3.63) is 29.8 Å². The summed E-state index contributed by atoms with van der Waals surface area (Å²) in [5.74, 6) is -1.09. The van der Waals surface area contributed by atoms with Crippen molar-refractivity contribution < 1.29 is 19.5 Å². The summed E-state index contributed by atoms with van der Waals surface area (Å²) in [4.78, 5) is 33.1. The van der Waals surface area contributed by atoms with Crippen molar-refractivity contribution in [3.63, 3.8) is 0 Å². The van der Waals surface area contributed by atoms with Crippen molar-refractivity contribution >= 4 is 23.6 Å². The van der Waals surface area contributed by atoms with E-state index in [1.807, 2.05) is 0 Å². The lowest BCUT2D eigenvalue weighted by Gasteiger charge is -2.08. The molecule has 0 aliphatic rings. The van der Waals surface area contributed by atoms with Crippen molar-refractivity contribution in [3.8, 4) is 0 Å². The van der Waals surface area contributed by atoms with E-state index >= 15 is 0 Å². The lowest BCUT2D eigenvalue weighted by atomic mass is 10.1. The highest BCUT2D eigenvalue weighted by molar-refractivity contribution is 5.89. The van der Waals surface area contributed by atoms with Gasteiger partial charge in [-0.3, -0.25) is 9.59 Å². The summed E-state index contributed by atoms with van der Waals surface area (Å²) in [5.41, 5.74) is 1.10. The minimum Gasteiger partial charge on any atom is -0.481 e. The second kappa shape index (κ2) is 7.78. The smallest absolute Gasteiger partial charge is 0.319 e. The Labute approximate surface area is 116 Å². The Hall–Kier alpha value is -2.57. The van der Waals surface area contributed by atoms with E-state index in [9.17, 15) is 14.4 Å². The summed E-state index contributed by atoms with van der Waals surface area (Å²) in [6.45, 7) is 0.223. The van der Waals surface area contributed by atoms with Gasteiger partial charge in [0, 0.05) is 25.7 Å². The van der Waals surface area contributed by atoms with Crippen molar-refractivity contribution in [2.24, 2.45) is 0 Å². The molecular formula is C13H17N3O4. The number of benzene rings is 1. The first kappa shape index (κ1) is 15.5. The van der Waals surface area contributed by atoms with Crippen molar-refractivity contribution in [1.82, 2.24) is 10.6 Å². The SMILES string of the molecule is CNC(=O)CCNC(=O)Nc1cccc(CC(=O)O)c1. The van der Waals surface area contributed by atoms with Gasteiger partial charge in [-0.1, -0.05) is 12.1 Å². The van der Waals surface area contributed by atoms with E-state index in [-0.39, 0.29) is 25.3 Å². The Bertz CT molecular complexity index is 502. The maximum absolute atomic E-state index is 11.5. The number of carboxylic acid groups (broad SMARTS) is 1. The third-order valence-electron chi connectivity index (χ3n) is 2.46. The van der Waals surface area contributed by atoms with Gasteiger partial charge in [-0.05, 0) is 17.7 Å². The van der Waals surface area contributed by atoms with Crippen LogP contribution in [0.25, 0.3) is 0 Å². The van der Waals surface area contributed by atoms with E-state index in [1.54, 1.807) is 24.3 Å². The average molecular weight is 279 g/mol. The van der Waals surface area contributed by atoms with Crippen LogP contribution in [-0.2, 0) is 16.0 Å². The molecule has 0 saturated heterocycles. The molecule has 0 heterocycles. The number of anilines is 1. The lowest BCUT2D eigenvalue weighted by Crippen LogP contribution is -2.32. The number of hydrogen-bond donors (Lipinski definition) is 4. The molecule has 7 heteroatoms. The van der Waals surface area contributed by atoms with Crippen LogP contribution in [0.4, 0.5) is 10.5 Å². The molecule has 0 saturated carbocycles. The number of urea groups is 1. The normalized spacial score (nSPS) is 9.65. The first-order chi connectivity index (χ1) is 9.51. The maximum Gasteiger partial charge on any atom is 0.319 e. The second-order valence-electron chi connectivity index (χ2n) is 4.07. The van der Waals surface area contributed by atoms with E-state index < -0.39 is 12.0 Å². The Balaban J connectivity index is 2.45. The minimum absolute atomic E-state index is 0.103. The van der Waals surface area contributed by atoms with Crippen LogP contribution >= 0.6 is 0 Å². The number of nitrogens with one attached hydrogen (secondary N) is 3. The predicted octanol–water partition coefficient (Wildman–Crippen LogP) is 0.571. The summed E-state index contributed by atoms with van der Waals surface area (Å²) in [6.07, 6.45) is 0.0940. The standard InChI is InChI=1S/C13H17N3O4/c1-14-11(17)5-6-15-13(20)16-10-4-2-3-9(7-10)8-12(18)19/h2-4,7H,5-6,8H2,1H3,(H,14,17)(H,18,19)(H2,15,16,20). The number of carbonyl (C=O) groups excluding carboxylic acids is 2. The van der Waals surface area contributed by atoms with Crippen LogP contribution in [0.2, 0.25) is 0 Å². The number of carbonyl (C=O) groups is 3. The van der Waals surface area contributed by atoms with Crippen molar-refractivity contribution in [1.29, 1.82) is 0 Å². The predicted molar refractivity (Wildman–Crippen MR) is 73.5 cm³/mol. The van der Waals surface area contributed by atoms with E-state index in [4.69, 9.17) is 5.11 Å². The second-order valence-corrected chi connectivity index (χ2v) is 4.07. The highest BCUT2D eigenvalue weighted by Crippen LogP contribution is 2.11. The molecule has 108 valence electrons.